The fraction of sp³-hybridized carbons (Fsp3) is 0.647. The van der Waals surface area contributed by atoms with Crippen molar-refractivity contribution in [3.8, 4) is 5.75 Å². The molecule has 2 rings (SSSR count). The molecule has 0 spiro atoms. The van der Waals surface area contributed by atoms with Gasteiger partial charge in [0.05, 0.1) is 12.2 Å². The van der Waals surface area contributed by atoms with Gasteiger partial charge < -0.3 is 14.8 Å². The Bertz CT molecular complexity index is 433. The van der Waals surface area contributed by atoms with Crippen LogP contribution >= 0.6 is 0 Å². The molecule has 1 aliphatic heterocycles. The quantitative estimate of drug-likeness (QED) is 0.861. The molecule has 1 heterocycles. The second kappa shape index (κ2) is 7.09. The van der Waals surface area contributed by atoms with Crippen LogP contribution in [0, 0.1) is 6.92 Å². The first kappa shape index (κ1) is 15.3. The summed E-state index contributed by atoms with van der Waals surface area (Å²) in [6.45, 7) is 10.1. The maximum absolute atomic E-state index is 6.05. The van der Waals surface area contributed by atoms with E-state index in [1.807, 2.05) is 0 Å². The highest BCUT2D eigenvalue weighted by Gasteiger charge is 2.22. The van der Waals surface area contributed by atoms with Crippen molar-refractivity contribution in [2.24, 2.45) is 0 Å². The molecule has 1 fully saturated rings. The minimum Gasteiger partial charge on any atom is -0.491 e. The summed E-state index contributed by atoms with van der Waals surface area (Å²) in [5.41, 5.74) is 2.46. The summed E-state index contributed by atoms with van der Waals surface area (Å²) in [5, 5.41) is 3.45. The average molecular weight is 277 g/mol. The molecule has 3 heteroatoms. The van der Waals surface area contributed by atoms with Crippen LogP contribution in [0.5, 0.6) is 5.75 Å². The van der Waals surface area contributed by atoms with E-state index in [1.54, 1.807) is 0 Å². The van der Waals surface area contributed by atoms with Gasteiger partial charge in [-0.3, -0.25) is 0 Å². The largest absolute Gasteiger partial charge is 0.491 e. The predicted molar refractivity (Wildman–Crippen MR) is 82.3 cm³/mol. The summed E-state index contributed by atoms with van der Waals surface area (Å²) in [6, 6.07) is 6.74. The molecule has 0 aliphatic carbocycles. The summed E-state index contributed by atoms with van der Waals surface area (Å²) >= 11 is 0. The molecule has 0 amide bonds. The Morgan fingerprint density at radius 1 is 1.40 bits per heavy atom. The molecule has 1 N–H and O–H groups in total. The third-order valence-corrected chi connectivity index (χ3v) is 3.89. The third kappa shape index (κ3) is 3.97. The van der Waals surface area contributed by atoms with Crippen LogP contribution in [0.25, 0.3) is 0 Å². The number of ether oxygens (including phenoxy) is 2. The fourth-order valence-corrected chi connectivity index (χ4v) is 2.73. The molecule has 1 aromatic carbocycles. The first-order chi connectivity index (χ1) is 9.60. The van der Waals surface area contributed by atoms with Crippen LogP contribution in [-0.2, 0) is 4.74 Å². The van der Waals surface area contributed by atoms with Gasteiger partial charge in [0.2, 0.25) is 0 Å². The van der Waals surface area contributed by atoms with Crippen LogP contribution in [0.15, 0.2) is 18.2 Å². The minimum absolute atomic E-state index is 0.243. The van der Waals surface area contributed by atoms with Gasteiger partial charge in [0.25, 0.3) is 0 Å². The van der Waals surface area contributed by atoms with E-state index in [9.17, 15) is 0 Å². The Morgan fingerprint density at radius 2 is 2.20 bits per heavy atom. The van der Waals surface area contributed by atoms with Crippen LogP contribution in [0.2, 0.25) is 0 Å². The van der Waals surface area contributed by atoms with Crippen molar-refractivity contribution < 1.29 is 9.47 Å². The van der Waals surface area contributed by atoms with Crippen molar-refractivity contribution >= 4 is 0 Å². The van der Waals surface area contributed by atoms with Crippen molar-refractivity contribution in [1.29, 1.82) is 0 Å². The van der Waals surface area contributed by atoms with Crippen LogP contribution in [0.1, 0.15) is 50.8 Å². The molecular weight excluding hydrogens is 250 g/mol. The second-order valence-electron chi connectivity index (χ2n) is 5.78. The highest BCUT2D eigenvalue weighted by molar-refractivity contribution is 5.39. The number of aryl methyl sites for hydroxylation is 1. The number of rotatable bonds is 6. The minimum atomic E-state index is 0.243. The predicted octanol–water partition coefficient (Wildman–Crippen LogP) is 3.61. The van der Waals surface area contributed by atoms with Crippen molar-refractivity contribution in [3.05, 3.63) is 29.3 Å². The van der Waals surface area contributed by atoms with Gasteiger partial charge in [-0.15, -0.1) is 0 Å². The SMILES string of the molecule is CCNC(C)c1ccc(C)cc1OCC1CCC(C)O1. The van der Waals surface area contributed by atoms with Gasteiger partial charge >= 0.3 is 0 Å². The molecule has 1 saturated heterocycles. The summed E-state index contributed by atoms with van der Waals surface area (Å²) < 4.78 is 11.9. The van der Waals surface area contributed by atoms with Crippen LogP contribution in [0.3, 0.4) is 0 Å². The highest BCUT2D eigenvalue weighted by Crippen LogP contribution is 2.28. The lowest BCUT2D eigenvalue weighted by Crippen LogP contribution is -2.21. The number of hydrogen-bond donors (Lipinski definition) is 1. The maximum atomic E-state index is 6.05. The lowest BCUT2D eigenvalue weighted by molar-refractivity contribution is 0.0261. The lowest BCUT2D eigenvalue weighted by atomic mass is 10.0. The summed E-state index contributed by atoms with van der Waals surface area (Å²) in [5.74, 6) is 0.988. The standard InChI is InChI=1S/C17H27NO2/c1-5-18-14(4)16-9-6-12(2)10-17(16)19-11-15-8-7-13(3)20-15/h6,9-10,13-15,18H,5,7-8,11H2,1-4H3. The van der Waals surface area contributed by atoms with Crippen LogP contribution in [0.4, 0.5) is 0 Å². The Hall–Kier alpha value is -1.06. The Balaban J connectivity index is 2.03. The fourth-order valence-electron chi connectivity index (χ4n) is 2.73. The van der Waals surface area contributed by atoms with Crippen LogP contribution in [-0.4, -0.2) is 25.4 Å². The number of benzene rings is 1. The van der Waals surface area contributed by atoms with Gasteiger partial charge in [-0.1, -0.05) is 19.1 Å². The van der Waals surface area contributed by atoms with E-state index in [4.69, 9.17) is 9.47 Å². The molecule has 3 nitrogen and oxygen atoms in total. The average Bonchev–Trinajstić information content (AvgIpc) is 2.82. The van der Waals surface area contributed by atoms with E-state index in [0.717, 1.165) is 25.1 Å². The molecule has 112 valence electrons. The molecule has 0 radical (unpaired) electrons. The first-order valence-corrected chi connectivity index (χ1v) is 7.72. The van der Waals surface area contributed by atoms with Crippen molar-refractivity contribution in [1.82, 2.24) is 5.32 Å². The van der Waals surface area contributed by atoms with E-state index in [1.165, 1.54) is 11.1 Å². The maximum Gasteiger partial charge on any atom is 0.124 e. The normalized spacial score (nSPS) is 23.8. The first-order valence-electron chi connectivity index (χ1n) is 7.72. The Kier molecular flexibility index (Phi) is 5.44. The molecule has 20 heavy (non-hydrogen) atoms. The molecule has 1 aliphatic rings. The monoisotopic (exact) mass is 277 g/mol. The summed E-state index contributed by atoms with van der Waals surface area (Å²) in [4.78, 5) is 0. The molecule has 3 atom stereocenters. The zero-order chi connectivity index (χ0) is 14.5. The summed E-state index contributed by atoms with van der Waals surface area (Å²) in [6.07, 6.45) is 2.86. The van der Waals surface area contributed by atoms with Gasteiger partial charge in [-0.2, -0.15) is 0 Å². The molecule has 3 unspecified atom stereocenters. The van der Waals surface area contributed by atoms with E-state index < -0.39 is 0 Å². The van der Waals surface area contributed by atoms with Crippen molar-refractivity contribution in [2.45, 2.75) is 58.8 Å². The second-order valence-corrected chi connectivity index (χ2v) is 5.78. The van der Waals surface area contributed by atoms with E-state index in [2.05, 4.69) is 51.2 Å². The van der Waals surface area contributed by atoms with E-state index in [0.29, 0.717) is 18.8 Å². The van der Waals surface area contributed by atoms with Crippen molar-refractivity contribution in [3.63, 3.8) is 0 Å². The van der Waals surface area contributed by atoms with Gasteiger partial charge in [0, 0.05) is 11.6 Å². The topological polar surface area (TPSA) is 30.5 Å². The lowest BCUT2D eigenvalue weighted by Gasteiger charge is -2.20. The van der Waals surface area contributed by atoms with Gasteiger partial charge in [-0.25, -0.2) is 0 Å². The zero-order valence-corrected chi connectivity index (χ0v) is 13.1. The molecule has 0 aromatic heterocycles. The number of hydrogen-bond acceptors (Lipinski definition) is 3. The highest BCUT2D eigenvalue weighted by atomic mass is 16.5. The zero-order valence-electron chi connectivity index (χ0n) is 13.1. The number of nitrogens with one attached hydrogen (secondary N) is 1. The van der Waals surface area contributed by atoms with Crippen LogP contribution < -0.4 is 10.1 Å². The van der Waals surface area contributed by atoms with Crippen molar-refractivity contribution in [2.75, 3.05) is 13.2 Å². The van der Waals surface area contributed by atoms with Gasteiger partial charge in [0.15, 0.2) is 0 Å². The smallest absolute Gasteiger partial charge is 0.124 e. The molecule has 0 saturated carbocycles. The molecule has 0 bridgehead atoms. The van der Waals surface area contributed by atoms with E-state index in [-0.39, 0.29) is 6.10 Å². The van der Waals surface area contributed by atoms with E-state index >= 15 is 0 Å². The Morgan fingerprint density at radius 3 is 2.85 bits per heavy atom. The molecular formula is C17H27NO2. The third-order valence-electron chi connectivity index (χ3n) is 3.89. The van der Waals surface area contributed by atoms with Gasteiger partial charge in [0.1, 0.15) is 12.4 Å². The Labute approximate surface area is 122 Å². The van der Waals surface area contributed by atoms with Gasteiger partial charge in [-0.05, 0) is 51.8 Å². The summed E-state index contributed by atoms with van der Waals surface area (Å²) in [7, 11) is 0. The molecule has 1 aromatic rings.